The summed E-state index contributed by atoms with van der Waals surface area (Å²) in [4.78, 5) is 11.6. The number of hydrogen-bond donors (Lipinski definition) is 0. The van der Waals surface area contributed by atoms with Crippen molar-refractivity contribution >= 4 is 39.6 Å². The fourth-order valence-corrected chi connectivity index (χ4v) is 8.66. The van der Waals surface area contributed by atoms with Crippen LogP contribution in [-0.2, 0) is 32.0 Å². The molecule has 0 radical (unpaired) electrons. The van der Waals surface area contributed by atoms with Crippen molar-refractivity contribution in [1.29, 1.82) is 0 Å². The maximum Gasteiger partial charge on any atom is 0.192 e. The van der Waals surface area contributed by atoms with Crippen molar-refractivity contribution in [2.24, 2.45) is 0 Å². The highest BCUT2D eigenvalue weighted by Gasteiger charge is 2.57. The first-order valence-electron chi connectivity index (χ1n) is 16.2. The Morgan fingerprint density at radius 1 is 0.558 bits per heavy atom. The first kappa shape index (κ1) is 41.3. The van der Waals surface area contributed by atoms with Crippen molar-refractivity contribution < 1.29 is 32.0 Å². The Kier molecular flexibility index (Phi) is 13.3. The molecule has 1 aliphatic heterocycles. The van der Waals surface area contributed by atoms with E-state index >= 15 is 0 Å². The molecule has 0 aromatic carbocycles. The zero-order valence-corrected chi connectivity index (χ0v) is 35.7. The van der Waals surface area contributed by atoms with Gasteiger partial charge >= 0.3 is 0 Å². The molecule has 256 valence electrons. The van der Waals surface area contributed by atoms with E-state index in [1.54, 1.807) is 0 Å². The molecule has 1 aliphatic rings. The van der Waals surface area contributed by atoms with Crippen LogP contribution in [0.3, 0.4) is 0 Å². The molecule has 1 rings (SSSR count). The summed E-state index contributed by atoms with van der Waals surface area (Å²) in [5.41, 5.74) is 0. The summed E-state index contributed by atoms with van der Waals surface area (Å²) >= 11 is 0. The summed E-state index contributed by atoms with van der Waals surface area (Å²) in [5.74, 6) is 0. The Morgan fingerprint density at radius 2 is 0.907 bits per heavy atom. The first-order chi connectivity index (χ1) is 18.8. The van der Waals surface area contributed by atoms with E-state index < -0.39 is 64.0 Å². The SMILES string of the molecule is CC(C)(C)[Si](C)(C)OC[C@H]1O[C@@H](OCC=O)[C@H](O[Si](C)(C)C(C)(C)C)[C@@H](O[Si](C)(C)C(C)(C)C)[C@@H]1O[Si](C)(C)C(C)(C)C. The number of carbonyl (C=O) groups is 1. The number of ether oxygens (including phenoxy) is 2. The summed E-state index contributed by atoms with van der Waals surface area (Å²) < 4.78 is 41.6. The van der Waals surface area contributed by atoms with Crippen molar-refractivity contribution in [3.8, 4) is 0 Å². The van der Waals surface area contributed by atoms with Gasteiger partial charge < -0.3 is 32.0 Å². The van der Waals surface area contributed by atoms with E-state index in [0.29, 0.717) is 6.61 Å². The highest BCUT2D eigenvalue weighted by Crippen LogP contribution is 2.46. The van der Waals surface area contributed by atoms with E-state index in [1.165, 1.54) is 0 Å². The largest absolute Gasteiger partial charge is 0.414 e. The summed E-state index contributed by atoms with van der Waals surface area (Å²) in [6.45, 7) is 45.3. The molecule has 0 bridgehead atoms. The molecule has 0 amide bonds. The van der Waals surface area contributed by atoms with Gasteiger partial charge in [-0.2, -0.15) is 0 Å². The number of aldehydes is 1. The lowest BCUT2D eigenvalue weighted by molar-refractivity contribution is -0.289. The van der Waals surface area contributed by atoms with Crippen LogP contribution < -0.4 is 0 Å². The van der Waals surface area contributed by atoms with Crippen molar-refractivity contribution in [2.75, 3.05) is 13.2 Å². The molecular weight excluding hydrogens is 609 g/mol. The molecule has 0 N–H and O–H groups in total. The molecular formula is C32H70O7Si4. The van der Waals surface area contributed by atoms with Gasteiger partial charge in [0, 0.05) is 0 Å². The number of hydrogen-bond acceptors (Lipinski definition) is 7. The van der Waals surface area contributed by atoms with Crippen molar-refractivity contribution in [3.05, 3.63) is 0 Å². The molecule has 43 heavy (non-hydrogen) atoms. The zero-order chi connectivity index (χ0) is 34.3. The minimum atomic E-state index is -2.34. The third-order valence-electron chi connectivity index (χ3n) is 11.0. The molecule has 0 aromatic rings. The van der Waals surface area contributed by atoms with E-state index in [9.17, 15) is 4.79 Å². The van der Waals surface area contributed by atoms with Crippen molar-refractivity contribution in [1.82, 2.24) is 0 Å². The molecule has 0 spiro atoms. The maximum absolute atomic E-state index is 11.6. The predicted molar refractivity (Wildman–Crippen MR) is 190 cm³/mol. The van der Waals surface area contributed by atoms with Crippen LogP contribution in [0.15, 0.2) is 0 Å². The molecule has 0 aromatic heterocycles. The predicted octanol–water partition coefficient (Wildman–Crippen LogP) is 9.12. The van der Waals surface area contributed by atoms with E-state index in [1.807, 2.05) is 0 Å². The van der Waals surface area contributed by atoms with Crippen LogP contribution in [0.1, 0.15) is 83.1 Å². The summed E-state index contributed by atoms with van der Waals surface area (Å²) in [6, 6.07) is 0. The van der Waals surface area contributed by atoms with Crippen LogP contribution in [0.4, 0.5) is 0 Å². The van der Waals surface area contributed by atoms with Gasteiger partial charge in [0.25, 0.3) is 0 Å². The fraction of sp³-hybridized carbons (Fsp3) is 0.969. The summed E-state index contributed by atoms with van der Waals surface area (Å²) in [5, 5.41) is -0.0850. The van der Waals surface area contributed by atoms with Crippen LogP contribution in [0, 0.1) is 0 Å². The lowest BCUT2D eigenvalue weighted by atomic mass is 9.99. The lowest BCUT2D eigenvalue weighted by Gasteiger charge is -2.54. The summed E-state index contributed by atoms with van der Waals surface area (Å²) in [7, 11) is -9.11. The van der Waals surface area contributed by atoms with E-state index in [4.69, 9.17) is 27.2 Å². The van der Waals surface area contributed by atoms with E-state index in [2.05, 4.69) is 135 Å². The Bertz CT molecular complexity index is 909. The highest BCUT2D eigenvalue weighted by molar-refractivity contribution is 6.75. The molecule has 1 heterocycles. The van der Waals surface area contributed by atoms with Gasteiger partial charge in [0.15, 0.2) is 39.6 Å². The molecule has 0 unspecified atom stereocenters. The Morgan fingerprint density at radius 3 is 1.26 bits per heavy atom. The fourth-order valence-electron chi connectivity index (χ4n) is 3.74. The maximum atomic E-state index is 11.6. The Labute approximate surface area is 270 Å². The molecule has 1 fully saturated rings. The molecule has 11 heteroatoms. The Hall–Kier alpha value is 0.298. The van der Waals surface area contributed by atoms with Crippen LogP contribution in [-0.4, -0.2) is 83.5 Å². The molecule has 0 aliphatic carbocycles. The van der Waals surface area contributed by atoms with Gasteiger partial charge in [-0.25, -0.2) is 0 Å². The van der Waals surface area contributed by atoms with Gasteiger partial charge in [0.1, 0.15) is 37.3 Å². The minimum Gasteiger partial charge on any atom is -0.414 e. The van der Waals surface area contributed by atoms with Crippen LogP contribution in [0.5, 0.6) is 0 Å². The van der Waals surface area contributed by atoms with Crippen LogP contribution in [0.25, 0.3) is 0 Å². The second-order valence-corrected chi connectivity index (χ2v) is 37.7. The molecule has 0 saturated carbocycles. The van der Waals surface area contributed by atoms with Crippen molar-refractivity contribution in [3.63, 3.8) is 0 Å². The smallest absolute Gasteiger partial charge is 0.192 e. The molecule has 7 nitrogen and oxygen atoms in total. The first-order valence-corrected chi connectivity index (χ1v) is 27.8. The standard InChI is InChI=1S/C32H70O7Si4/c1-29(2,3)40(13,14)35-23-24-25(37-41(15,16)30(4,5)6)26(38-42(17,18)31(7,8)9)27(28(36-24)34-22-21-33)39-43(19,20)32(10,11)12/h21,24-28H,22-23H2,1-20H3/t24-,25-,26+,27-,28-/m1/s1. The van der Waals surface area contributed by atoms with Crippen LogP contribution >= 0.6 is 0 Å². The molecule has 5 atom stereocenters. The topological polar surface area (TPSA) is 72.5 Å². The van der Waals surface area contributed by atoms with E-state index in [0.717, 1.165) is 6.29 Å². The molecule has 1 saturated heterocycles. The van der Waals surface area contributed by atoms with Crippen LogP contribution in [0.2, 0.25) is 72.5 Å². The zero-order valence-electron chi connectivity index (χ0n) is 31.7. The average molecular weight is 679 g/mol. The van der Waals surface area contributed by atoms with Gasteiger partial charge in [-0.05, 0) is 72.5 Å². The second-order valence-electron chi connectivity index (χ2n) is 18.6. The number of rotatable bonds is 12. The van der Waals surface area contributed by atoms with Gasteiger partial charge in [-0.1, -0.05) is 83.1 Å². The quantitative estimate of drug-likeness (QED) is 0.151. The number of carbonyl (C=O) groups excluding carboxylic acids is 1. The third kappa shape index (κ3) is 10.4. The minimum absolute atomic E-state index is 0.0278. The third-order valence-corrected chi connectivity index (χ3v) is 29.0. The lowest BCUT2D eigenvalue weighted by Crippen LogP contribution is -2.68. The van der Waals surface area contributed by atoms with Crippen molar-refractivity contribution in [2.45, 2.75) is 186 Å². The van der Waals surface area contributed by atoms with Gasteiger partial charge in [0.2, 0.25) is 0 Å². The average Bonchev–Trinajstić information content (AvgIpc) is 2.76. The van der Waals surface area contributed by atoms with E-state index in [-0.39, 0.29) is 26.8 Å². The van der Waals surface area contributed by atoms with Gasteiger partial charge in [-0.15, -0.1) is 0 Å². The highest BCUT2D eigenvalue weighted by atomic mass is 28.4. The van der Waals surface area contributed by atoms with Gasteiger partial charge in [0.05, 0.1) is 6.61 Å². The monoisotopic (exact) mass is 678 g/mol. The Balaban J connectivity index is 3.93. The normalized spacial score (nSPS) is 25.6. The second kappa shape index (κ2) is 13.8. The summed E-state index contributed by atoms with van der Waals surface area (Å²) in [6.07, 6.45) is -1.91. The van der Waals surface area contributed by atoms with Gasteiger partial charge in [-0.3, -0.25) is 0 Å².